The molecule has 2 atom stereocenters. The molecule has 0 spiro atoms. The minimum Gasteiger partial charge on any atom is -0.367 e. The second-order valence-corrected chi connectivity index (χ2v) is 5.61. The van der Waals surface area contributed by atoms with Crippen LogP contribution in [0, 0.1) is 0 Å². The third-order valence-electron chi connectivity index (χ3n) is 4.00. The second-order valence-electron chi connectivity index (χ2n) is 5.61. The zero-order valence-electron chi connectivity index (χ0n) is 12.7. The topological polar surface area (TPSA) is 46.6 Å². The summed E-state index contributed by atoms with van der Waals surface area (Å²) in [5.41, 5.74) is 0.858. The molecule has 2 rings (SSSR count). The zero-order chi connectivity index (χ0) is 15.2. The highest BCUT2D eigenvalue weighted by Gasteiger charge is 2.32. The van der Waals surface area contributed by atoms with E-state index in [9.17, 15) is 9.59 Å². The van der Waals surface area contributed by atoms with Crippen molar-refractivity contribution in [2.24, 2.45) is 0 Å². The lowest BCUT2D eigenvalue weighted by molar-refractivity contribution is -0.146. The number of carbonyl (C=O) groups is 2. The highest BCUT2D eigenvalue weighted by atomic mass is 16.5. The minimum atomic E-state index is -0.584. The number of nitrogens with zero attached hydrogens (tertiary/aromatic N) is 1. The van der Waals surface area contributed by atoms with Crippen molar-refractivity contribution in [3.63, 3.8) is 0 Å². The summed E-state index contributed by atoms with van der Waals surface area (Å²) in [5.74, 6) is 0.100. The third-order valence-corrected chi connectivity index (χ3v) is 4.00. The number of Topliss-reactive ketones (excluding diaryl/α,β-unsaturated/α-hetero) is 1. The number of ketones is 1. The monoisotopic (exact) mass is 289 g/mol. The maximum Gasteiger partial charge on any atom is 0.256 e. The van der Waals surface area contributed by atoms with Gasteiger partial charge in [0.2, 0.25) is 0 Å². The minimum absolute atomic E-state index is 0.0186. The van der Waals surface area contributed by atoms with Crippen molar-refractivity contribution in [1.82, 2.24) is 4.90 Å². The molecule has 0 saturated carbocycles. The smallest absolute Gasteiger partial charge is 0.256 e. The normalized spacial score (nSPS) is 20.1. The van der Waals surface area contributed by atoms with Crippen molar-refractivity contribution in [1.29, 1.82) is 0 Å². The highest BCUT2D eigenvalue weighted by Crippen LogP contribution is 2.26. The van der Waals surface area contributed by atoms with Crippen LogP contribution >= 0.6 is 0 Å². The Morgan fingerprint density at radius 1 is 1.29 bits per heavy atom. The second kappa shape index (κ2) is 7.36. The highest BCUT2D eigenvalue weighted by molar-refractivity contribution is 5.84. The van der Waals surface area contributed by atoms with E-state index in [1.54, 1.807) is 14.0 Å². The van der Waals surface area contributed by atoms with Crippen molar-refractivity contribution in [2.45, 2.75) is 44.8 Å². The van der Waals surface area contributed by atoms with Crippen LogP contribution in [0.4, 0.5) is 0 Å². The van der Waals surface area contributed by atoms with E-state index in [0.29, 0.717) is 13.0 Å². The van der Waals surface area contributed by atoms with Crippen LogP contribution in [-0.2, 0) is 14.3 Å². The number of hydrogen-bond donors (Lipinski definition) is 0. The molecular weight excluding hydrogens is 266 g/mol. The average Bonchev–Trinajstić information content (AvgIpc) is 2.49. The van der Waals surface area contributed by atoms with Gasteiger partial charge < -0.3 is 9.64 Å². The molecule has 4 heteroatoms. The fourth-order valence-corrected chi connectivity index (χ4v) is 2.99. The van der Waals surface area contributed by atoms with Gasteiger partial charge in [0.15, 0.2) is 6.10 Å². The van der Waals surface area contributed by atoms with Crippen LogP contribution in [0.25, 0.3) is 0 Å². The molecule has 1 fully saturated rings. The summed E-state index contributed by atoms with van der Waals surface area (Å²) in [4.78, 5) is 26.1. The summed E-state index contributed by atoms with van der Waals surface area (Å²) < 4.78 is 5.43. The molecule has 1 aromatic carbocycles. The van der Waals surface area contributed by atoms with E-state index in [-0.39, 0.29) is 17.7 Å². The van der Waals surface area contributed by atoms with Crippen molar-refractivity contribution < 1.29 is 14.3 Å². The summed E-state index contributed by atoms with van der Waals surface area (Å²) in [7, 11) is 1.56. The zero-order valence-corrected chi connectivity index (χ0v) is 12.7. The van der Waals surface area contributed by atoms with E-state index < -0.39 is 6.10 Å². The number of benzene rings is 1. The molecule has 0 bridgehead atoms. The molecule has 2 unspecified atom stereocenters. The summed E-state index contributed by atoms with van der Waals surface area (Å²) in [6, 6.07) is 9.53. The van der Waals surface area contributed by atoms with E-state index in [4.69, 9.17) is 4.74 Å². The van der Waals surface area contributed by atoms with E-state index in [0.717, 1.165) is 24.8 Å². The Morgan fingerprint density at radius 2 is 2.00 bits per heavy atom. The molecule has 1 amide bonds. The van der Waals surface area contributed by atoms with Crippen LogP contribution in [0.2, 0.25) is 0 Å². The fourth-order valence-electron chi connectivity index (χ4n) is 2.99. The van der Waals surface area contributed by atoms with Crippen LogP contribution < -0.4 is 0 Å². The van der Waals surface area contributed by atoms with Gasteiger partial charge in [0.1, 0.15) is 5.78 Å². The first kappa shape index (κ1) is 15.7. The van der Waals surface area contributed by atoms with Crippen molar-refractivity contribution in [3.05, 3.63) is 35.9 Å². The number of amides is 1. The Balaban J connectivity index is 2.16. The van der Waals surface area contributed by atoms with Crippen LogP contribution in [-0.4, -0.2) is 36.3 Å². The van der Waals surface area contributed by atoms with E-state index in [2.05, 4.69) is 0 Å². The van der Waals surface area contributed by atoms with Gasteiger partial charge in [-0.3, -0.25) is 9.59 Å². The molecule has 4 nitrogen and oxygen atoms in total. The fraction of sp³-hybridized carbons (Fsp3) is 0.529. The molecule has 0 aromatic heterocycles. The van der Waals surface area contributed by atoms with Gasteiger partial charge in [0.25, 0.3) is 5.91 Å². The number of hydrogen-bond acceptors (Lipinski definition) is 3. The van der Waals surface area contributed by atoms with Gasteiger partial charge in [-0.2, -0.15) is 0 Å². The Morgan fingerprint density at radius 3 is 2.62 bits per heavy atom. The molecule has 1 aliphatic rings. The van der Waals surface area contributed by atoms with Crippen LogP contribution in [0.3, 0.4) is 0 Å². The Kier molecular flexibility index (Phi) is 5.51. The standard InChI is InChI=1S/C17H23NO3/c1-13(19)12-15-10-6-7-11-18(15)17(20)16(21-2)14-8-4-3-5-9-14/h3-5,8-9,15-16H,6-7,10-12H2,1-2H3. The van der Waals surface area contributed by atoms with Crippen LogP contribution in [0.5, 0.6) is 0 Å². The van der Waals surface area contributed by atoms with Crippen molar-refractivity contribution in [3.8, 4) is 0 Å². The summed E-state index contributed by atoms with van der Waals surface area (Å²) in [6.07, 6.45) is 2.82. The first-order chi connectivity index (χ1) is 10.1. The predicted molar refractivity (Wildman–Crippen MR) is 80.8 cm³/mol. The van der Waals surface area contributed by atoms with Gasteiger partial charge in [0, 0.05) is 26.1 Å². The van der Waals surface area contributed by atoms with Crippen molar-refractivity contribution >= 4 is 11.7 Å². The molecule has 21 heavy (non-hydrogen) atoms. The maximum absolute atomic E-state index is 12.8. The molecule has 1 aromatic rings. The predicted octanol–water partition coefficient (Wildman–Crippen LogP) is 2.73. The molecule has 114 valence electrons. The molecule has 0 radical (unpaired) electrons. The number of ether oxygens (including phenoxy) is 1. The average molecular weight is 289 g/mol. The van der Waals surface area contributed by atoms with Gasteiger partial charge in [-0.15, -0.1) is 0 Å². The number of rotatable bonds is 5. The van der Waals surface area contributed by atoms with Gasteiger partial charge in [-0.25, -0.2) is 0 Å². The molecule has 1 saturated heterocycles. The van der Waals surface area contributed by atoms with Gasteiger partial charge >= 0.3 is 0 Å². The lowest BCUT2D eigenvalue weighted by Gasteiger charge is -2.37. The summed E-state index contributed by atoms with van der Waals surface area (Å²) >= 11 is 0. The number of methoxy groups -OCH3 is 1. The van der Waals surface area contributed by atoms with E-state index in [1.807, 2.05) is 35.2 Å². The van der Waals surface area contributed by atoms with Crippen LogP contribution in [0.1, 0.15) is 44.3 Å². The van der Waals surface area contributed by atoms with Crippen molar-refractivity contribution in [2.75, 3.05) is 13.7 Å². The molecule has 1 heterocycles. The summed E-state index contributed by atoms with van der Waals surface area (Å²) in [5, 5.41) is 0. The third kappa shape index (κ3) is 3.91. The lowest BCUT2D eigenvalue weighted by Crippen LogP contribution is -2.46. The Labute approximate surface area is 126 Å². The first-order valence-corrected chi connectivity index (χ1v) is 7.51. The number of carbonyl (C=O) groups excluding carboxylic acids is 2. The van der Waals surface area contributed by atoms with Gasteiger partial charge in [0.05, 0.1) is 0 Å². The molecular formula is C17H23NO3. The first-order valence-electron chi connectivity index (χ1n) is 7.51. The SMILES string of the molecule is COC(C(=O)N1CCCCC1CC(C)=O)c1ccccc1. The maximum atomic E-state index is 12.8. The molecule has 0 aliphatic carbocycles. The largest absolute Gasteiger partial charge is 0.367 e. The van der Waals surface area contributed by atoms with E-state index in [1.165, 1.54) is 0 Å². The van der Waals surface area contributed by atoms with Gasteiger partial charge in [-0.1, -0.05) is 30.3 Å². The number of likely N-dealkylation sites (tertiary alicyclic amines) is 1. The molecule has 1 aliphatic heterocycles. The Hall–Kier alpha value is -1.68. The lowest BCUT2D eigenvalue weighted by atomic mass is 9.96. The van der Waals surface area contributed by atoms with Gasteiger partial charge in [-0.05, 0) is 31.7 Å². The summed E-state index contributed by atoms with van der Waals surface area (Å²) in [6.45, 7) is 2.30. The molecule has 0 N–H and O–H groups in total. The quantitative estimate of drug-likeness (QED) is 0.837. The van der Waals surface area contributed by atoms with E-state index >= 15 is 0 Å². The Bertz CT molecular complexity index is 486. The van der Waals surface area contributed by atoms with Crippen LogP contribution in [0.15, 0.2) is 30.3 Å². The number of piperidine rings is 1.